The van der Waals surface area contributed by atoms with Crippen LogP contribution in [0.4, 0.5) is 4.79 Å². The Hall–Kier alpha value is -1.67. The number of nitrogens with one attached hydrogen (secondary N) is 4. The quantitative estimate of drug-likeness (QED) is 0.241. The predicted molar refractivity (Wildman–Crippen MR) is 129 cm³/mol. The molecule has 0 heterocycles. The van der Waals surface area contributed by atoms with E-state index >= 15 is 0 Å². The maximum atomic E-state index is 12.2. The van der Waals surface area contributed by atoms with Crippen LogP contribution in [0.2, 0.25) is 0 Å². The Morgan fingerprint density at radius 1 is 0.903 bits per heavy atom. The SMILES string of the molecule is CC(C)(C)OC(=O)N[C@H](CNCCCNCCCCNCCCN)Cc1ccccc1. The lowest BCUT2D eigenvalue weighted by Crippen LogP contribution is -2.45. The molecule has 1 atom stereocenters. The number of amides is 1. The van der Waals surface area contributed by atoms with E-state index in [-0.39, 0.29) is 12.1 Å². The van der Waals surface area contributed by atoms with E-state index in [1.165, 1.54) is 18.4 Å². The van der Waals surface area contributed by atoms with Gasteiger partial charge in [-0.1, -0.05) is 30.3 Å². The van der Waals surface area contributed by atoms with E-state index in [4.69, 9.17) is 10.5 Å². The number of unbranched alkanes of at least 4 members (excludes halogenated alkanes) is 1. The summed E-state index contributed by atoms with van der Waals surface area (Å²) in [5.74, 6) is 0. The lowest BCUT2D eigenvalue weighted by molar-refractivity contribution is 0.0504. The summed E-state index contributed by atoms with van der Waals surface area (Å²) >= 11 is 0. The third-order valence-corrected chi connectivity index (χ3v) is 4.66. The minimum atomic E-state index is -0.499. The summed E-state index contributed by atoms with van der Waals surface area (Å²) in [5, 5.41) is 13.4. The predicted octanol–water partition coefficient (Wildman–Crippen LogP) is 2.41. The van der Waals surface area contributed by atoms with Gasteiger partial charge in [0.1, 0.15) is 5.60 Å². The minimum absolute atomic E-state index is 0.0167. The van der Waals surface area contributed by atoms with Crippen molar-refractivity contribution in [1.29, 1.82) is 0 Å². The Bertz CT molecular complexity index is 563. The molecule has 1 amide bonds. The number of carbonyl (C=O) groups is 1. The fourth-order valence-electron chi connectivity index (χ4n) is 3.14. The molecule has 0 spiro atoms. The molecule has 7 nitrogen and oxygen atoms in total. The molecule has 178 valence electrons. The highest BCUT2D eigenvalue weighted by atomic mass is 16.6. The van der Waals surface area contributed by atoms with E-state index in [0.717, 1.165) is 58.5 Å². The molecule has 0 aromatic heterocycles. The van der Waals surface area contributed by atoms with Gasteiger partial charge >= 0.3 is 6.09 Å². The second-order valence-electron chi connectivity index (χ2n) is 8.94. The second-order valence-corrected chi connectivity index (χ2v) is 8.94. The largest absolute Gasteiger partial charge is 0.444 e. The van der Waals surface area contributed by atoms with Gasteiger partial charge in [-0.15, -0.1) is 0 Å². The smallest absolute Gasteiger partial charge is 0.407 e. The van der Waals surface area contributed by atoms with E-state index in [2.05, 4.69) is 33.4 Å². The van der Waals surface area contributed by atoms with Gasteiger partial charge in [-0.25, -0.2) is 4.79 Å². The number of benzene rings is 1. The third kappa shape index (κ3) is 16.7. The molecule has 7 heteroatoms. The normalized spacial score (nSPS) is 12.5. The van der Waals surface area contributed by atoms with Crippen LogP contribution >= 0.6 is 0 Å². The maximum Gasteiger partial charge on any atom is 0.407 e. The van der Waals surface area contributed by atoms with Crippen molar-refractivity contribution in [3.05, 3.63) is 35.9 Å². The summed E-state index contributed by atoms with van der Waals surface area (Å²) in [7, 11) is 0. The van der Waals surface area contributed by atoms with Crippen molar-refractivity contribution in [3.8, 4) is 0 Å². The van der Waals surface area contributed by atoms with Crippen LogP contribution < -0.4 is 27.0 Å². The van der Waals surface area contributed by atoms with E-state index < -0.39 is 5.60 Å². The molecule has 0 aliphatic heterocycles. The molecule has 1 rings (SSSR count). The fraction of sp³-hybridized carbons (Fsp3) is 0.708. The fourth-order valence-corrected chi connectivity index (χ4v) is 3.14. The minimum Gasteiger partial charge on any atom is -0.444 e. The molecular formula is C24H45N5O2. The summed E-state index contributed by atoms with van der Waals surface area (Å²) < 4.78 is 5.43. The van der Waals surface area contributed by atoms with Crippen LogP contribution in [0.3, 0.4) is 0 Å². The topological polar surface area (TPSA) is 100 Å². The zero-order valence-corrected chi connectivity index (χ0v) is 19.8. The molecular weight excluding hydrogens is 390 g/mol. The first-order chi connectivity index (χ1) is 14.9. The van der Waals surface area contributed by atoms with Gasteiger partial charge in [-0.2, -0.15) is 0 Å². The molecule has 0 radical (unpaired) electrons. The first kappa shape index (κ1) is 27.4. The second kappa shape index (κ2) is 17.0. The van der Waals surface area contributed by atoms with Crippen molar-refractivity contribution >= 4 is 6.09 Å². The first-order valence-electron chi connectivity index (χ1n) is 11.8. The van der Waals surface area contributed by atoms with Crippen molar-refractivity contribution in [1.82, 2.24) is 21.3 Å². The molecule has 0 aliphatic carbocycles. The molecule has 0 bridgehead atoms. The molecule has 0 saturated heterocycles. The average Bonchev–Trinajstić information content (AvgIpc) is 2.70. The Kier molecular flexibility index (Phi) is 15.0. The van der Waals surface area contributed by atoms with Crippen LogP contribution in [0.5, 0.6) is 0 Å². The zero-order chi connectivity index (χ0) is 22.8. The van der Waals surface area contributed by atoms with E-state index in [1.807, 2.05) is 39.0 Å². The number of alkyl carbamates (subject to hydrolysis) is 1. The summed E-state index contributed by atoms with van der Waals surface area (Å²) in [5.41, 5.74) is 6.17. The standard InChI is InChI=1S/C24H45N5O2/c1-24(2,3)31-23(30)29-22(19-21-11-5-4-6-12-21)20-28-18-10-17-27-15-8-7-14-26-16-9-13-25/h4-6,11-12,22,26-28H,7-10,13-20,25H2,1-3H3,(H,29,30)/t22-/m0/s1. The highest BCUT2D eigenvalue weighted by molar-refractivity contribution is 5.68. The van der Waals surface area contributed by atoms with Crippen LogP contribution in [0.1, 0.15) is 52.0 Å². The zero-order valence-electron chi connectivity index (χ0n) is 19.8. The van der Waals surface area contributed by atoms with Gasteiger partial charge in [0, 0.05) is 12.6 Å². The summed E-state index contributed by atoms with van der Waals surface area (Å²) in [6.07, 6.45) is 4.87. The van der Waals surface area contributed by atoms with Gasteiger partial charge in [-0.05, 0) is 97.7 Å². The van der Waals surface area contributed by atoms with Crippen LogP contribution in [0, 0.1) is 0 Å². The van der Waals surface area contributed by atoms with Crippen LogP contribution in [0.15, 0.2) is 30.3 Å². The monoisotopic (exact) mass is 435 g/mol. The number of rotatable bonds is 17. The number of nitrogens with two attached hydrogens (primary N) is 1. The van der Waals surface area contributed by atoms with Crippen molar-refractivity contribution in [2.45, 2.75) is 64.5 Å². The first-order valence-corrected chi connectivity index (χ1v) is 11.8. The van der Waals surface area contributed by atoms with E-state index in [1.54, 1.807) is 0 Å². The molecule has 6 N–H and O–H groups in total. The van der Waals surface area contributed by atoms with Crippen molar-refractivity contribution in [3.63, 3.8) is 0 Å². The van der Waals surface area contributed by atoms with E-state index in [9.17, 15) is 4.79 Å². The van der Waals surface area contributed by atoms with Gasteiger partial charge in [-0.3, -0.25) is 0 Å². The Labute approximate surface area is 189 Å². The van der Waals surface area contributed by atoms with Gasteiger partial charge in [0.2, 0.25) is 0 Å². The van der Waals surface area contributed by atoms with Crippen molar-refractivity contribution < 1.29 is 9.53 Å². The summed E-state index contributed by atoms with van der Waals surface area (Å²) in [6.45, 7) is 12.1. The van der Waals surface area contributed by atoms with Crippen LogP contribution in [-0.2, 0) is 11.2 Å². The molecule has 0 fully saturated rings. The highest BCUT2D eigenvalue weighted by Crippen LogP contribution is 2.08. The molecule has 0 saturated carbocycles. The Morgan fingerprint density at radius 2 is 1.48 bits per heavy atom. The summed E-state index contributed by atoms with van der Waals surface area (Å²) in [4.78, 5) is 12.2. The lowest BCUT2D eigenvalue weighted by atomic mass is 10.1. The Balaban J connectivity index is 2.18. The highest BCUT2D eigenvalue weighted by Gasteiger charge is 2.19. The van der Waals surface area contributed by atoms with Gasteiger partial charge in [0.25, 0.3) is 0 Å². The van der Waals surface area contributed by atoms with Gasteiger partial charge in [0.05, 0.1) is 0 Å². The molecule has 0 aliphatic rings. The van der Waals surface area contributed by atoms with E-state index in [0.29, 0.717) is 6.54 Å². The van der Waals surface area contributed by atoms with Crippen molar-refractivity contribution in [2.75, 3.05) is 45.8 Å². The maximum absolute atomic E-state index is 12.2. The number of hydrogen-bond acceptors (Lipinski definition) is 6. The summed E-state index contributed by atoms with van der Waals surface area (Å²) in [6, 6.07) is 10.2. The van der Waals surface area contributed by atoms with Crippen LogP contribution in [0.25, 0.3) is 0 Å². The third-order valence-electron chi connectivity index (χ3n) is 4.66. The number of ether oxygens (including phenoxy) is 1. The molecule has 31 heavy (non-hydrogen) atoms. The molecule has 1 aromatic carbocycles. The van der Waals surface area contributed by atoms with Gasteiger partial charge < -0.3 is 31.7 Å². The number of hydrogen-bond donors (Lipinski definition) is 5. The molecule has 0 unspecified atom stereocenters. The van der Waals surface area contributed by atoms with Crippen LogP contribution in [-0.4, -0.2) is 63.5 Å². The average molecular weight is 436 g/mol. The lowest BCUT2D eigenvalue weighted by Gasteiger charge is -2.24. The number of carbonyl (C=O) groups excluding carboxylic acids is 1. The van der Waals surface area contributed by atoms with Gasteiger partial charge in [0.15, 0.2) is 0 Å². The van der Waals surface area contributed by atoms with Crippen molar-refractivity contribution in [2.24, 2.45) is 5.73 Å². The molecule has 1 aromatic rings. The Morgan fingerprint density at radius 3 is 2.10 bits per heavy atom.